The summed E-state index contributed by atoms with van der Waals surface area (Å²) in [6.45, 7) is 0.961. The molecule has 1 fully saturated rings. The van der Waals surface area contributed by atoms with E-state index < -0.39 is 0 Å². The lowest BCUT2D eigenvalue weighted by Crippen LogP contribution is -2.27. The Kier molecular flexibility index (Phi) is 3.95. The summed E-state index contributed by atoms with van der Waals surface area (Å²) in [7, 11) is 0. The standard InChI is InChI=1S/C11H18N2S/c1-2-4-6-10(5-3-1)13-9-11-12-7-8-14-11/h7-8,10,13H,1-6,9H2. The molecule has 0 amide bonds. The van der Waals surface area contributed by atoms with Crippen LogP contribution >= 0.6 is 11.3 Å². The maximum Gasteiger partial charge on any atom is 0.106 e. The van der Waals surface area contributed by atoms with Crippen LogP contribution in [-0.4, -0.2) is 11.0 Å². The van der Waals surface area contributed by atoms with E-state index in [9.17, 15) is 0 Å². The van der Waals surface area contributed by atoms with E-state index in [0.717, 1.165) is 12.6 Å². The zero-order valence-electron chi connectivity index (χ0n) is 8.54. The highest BCUT2D eigenvalue weighted by molar-refractivity contribution is 7.09. The van der Waals surface area contributed by atoms with Gasteiger partial charge in [0, 0.05) is 24.2 Å². The molecule has 1 aliphatic rings. The number of rotatable bonds is 3. The lowest BCUT2D eigenvalue weighted by molar-refractivity contribution is 0.458. The Balaban J connectivity index is 1.73. The molecule has 1 saturated carbocycles. The van der Waals surface area contributed by atoms with E-state index >= 15 is 0 Å². The molecule has 1 aromatic heterocycles. The fourth-order valence-electron chi connectivity index (χ4n) is 2.06. The monoisotopic (exact) mass is 210 g/mol. The van der Waals surface area contributed by atoms with Gasteiger partial charge in [0.2, 0.25) is 0 Å². The molecule has 78 valence electrons. The first-order chi connectivity index (χ1) is 6.95. The van der Waals surface area contributed by atoms with Crippen molar-refractivity contribution >= 4 is 11.3 Å². The lowest BCUT2D eigenvalue weighted by Gasteiger charge is -2.14. The predicted octanol–water partition coefficient (Wildman–Crippen LogP) is 2.96. The van der Waals surface area contributed by atoms with E-state index in [0.29, 0.717) is 0 Å². The van der Waals surface area contributed by atoms with Crippen LogP contribution in [0.25, 0.3) is 0 Å². The van der Waals surface area contributed by atoms with Gasteiger partial charge in [-0.15, -0.1) is 11.3 Å². The van der Waals surface area contributed by atoms with Gasteiger partial charge in [-0.1, -0.05) is 25.7 Å². The molecule has 14 heavy (non-hydrogen) atoms. The van der Waals surface area contributed by atoms with Crippen molar-refractivity contribution in [3.8, 4) is 0 Å². The van der Waals surface area contributed by atoms with Crippen molar-refractivity contribution in [3.63, 3.8) is 0 Å². The number of nitrogens with zero attached hydrogens (tertiary/aromatic N) is 1. The van der Waals surface area contributed by atoms with Gasteiger partial charge >= 0.3 is 0 Å². The third-order valence-corrected chi connectivity index (χ3v) is 3.66. The van der Waals surface area contributed by atoms with Gasteiger partial charge in [0.1, 0.15) is 5.01 Å². The molecule has 3 heteroatoms. The molecule has 0 aromatic carbocycles. The van der Waals surface area contributed by atoms with Crippen LogP contribution in [0.1, 0.15) is 43.5 Å². The molecule has 0 radical (unpaired) electrons. The van der Waals surface area contributed by atoms with Gasteiger partial charge in [-0.2, -0.15) is 0 Å². The second-order valence-electron chi connectivity index (χ2n) is 4.00. The van der Waals surface area contributed by atoms with Crippen LogP contribution in [0.15, 0.2) is 11.6 Å². The van der Waals surface area contributed by atoms with E-state index in [1.54, 1.807) is 11.3 Å². The molecule has 2 rings (SSSR count). The van der Waals surface area contributed by atoms with Gasteiger partial charge in [0.25, 0.3) is 0 Å². The van der Waals surface area contributed by atoms with Crippen molar-refractivity contribution in [3.05, 3.63) is 16.6 Å². The van der Waals surface area contributed by atoms with Gasteiger partial charge in [0.05, 0.1) is 0 Å². The smallest absolute Gasteiger partial charge is 0.106 e. The lowest BCUT2D eigenvalue weighted by atomic mass is 10.1. The average Bonchev–Trinajstić information content (AvgIpc) is 2.58. The molecule has 2 nitrogen and oxygen atoms in total. The van der Waals surface area contributed by atoms with E-state index in [2.05, 4.69) is 10.3 Å². The largest absolute Gasteiger partial charge is 0.308 e. The molecular weight excluding hydrogens is 192 g/mol. The molecule has 0 unspecified atom stereocenters. The van der Waals surface area contributed by atoms with Crippen LogP contribution < -0.4 is 5.32 Å². The number of hydrogen-bond donors (Lipinski definition) is 1. The summed E-state index contributed by atoms with van der Waals surface area (Å²) in [5.41, 5.74) is 0. The second kappa shape index (κ2) is 5.47. The number of thiazole rings is 1. The first-order valence-corrected chi connectivity index (χ1v) is 6.45. The zero-order valence-corrected chi connectivity index (χ0v) is 9.35. The summed E-state index contributed by atoms with van der Waals surface area (Å²) in [6.07, 6.45) is 10.2. The van der Waals surface area contributed by atoms with E-state index in [4.69, 9.17) is 0 Å². The Morgan fingerprint density at radius 2 is 2.07 bits per heavy atom. The number of nitrogens with one attached hydrogen (secondary N) is 1. The predicted molar refractivity (Wildman–Crippen MR) is 60.4 cm³/mol. The topological polar surface area (TPSA) is 24.9 Å². The highest BCUT2D eigenvalue weighted by Crippen LogP contribution is 2.17. The highest BCUT2D eigenvalue weighted by atomic mass is 32.1. The minimum Gasteiger partial charge on any atom is -0.308 e. The molecule has 0 saturated heterocycles. The van der Waals surface area contributed by atoms with E-state index in [-0.39, 0.29) is 0 Å². The normalized spacial score (nSPS) is 19.4. The molecule has 0 spiro atoms. The molecule has 1 aliphatic carbocycles. The van der Waals surface area contributed by atoms with Crippen molar-refractivity contribution in [2.75, 3.05) is 0 Å². The molecule has 0 atom stereocenters. The Labute approximate surface area is 89.8 Å². The zero-order chi connectivity index (χ0) is 9.64. The Hall–Kier alpha value is -0.410. The van der Waals surface area contributed by atoms with E-state index in [1.807, 2.05) is 11.6 Å². The van der Waals surface area contributed by atoms with Crippen molar-refractivity contribution in [1.82, 2.24) is 10.3 Å². The van der Waals surface area contributed by atoms with Gasteiger partial charge in [-0.05, 0) is 12.8 Å². The van der Waals surface area contributed by atoms with Crippen LogP contribution in [0.2, 0.25) is 0 Å². The number of aromatic nitrogens is 1. The minimum absolute atomic E-state index is 0.737. The third kappa shape index (κ3) is 3.07. The van der Waals surface area contributed by atoms with Gasteiger partial charge < -0.3 is 5.32 Å². The number of hydrogen-bond acceptors (Lipinski definition) is 3. The minimum atomic E-state index is 0.737. The average molecular weight is 210 g/mol. The summed E-state index contributed by atoms with van der Waals surface area (Å²) in [4.78, 5) is 4.28. The van der Waals surface area contributed by atoms with Crippen LogP contribution in [0.3, 0.4) is 0 Å². The quantitative estimate of drug-likeness (QED) is 0.776. The summed E-state index contributed by atoms with van der Waals surface area (Å²) in [6, 6.07) is 0.737. The molecule has 1 aromatic rings. The molecule has 0 aliphatic heterocycles. The molecule has 0 bridgehead atoms. The van der Waals surface area contributed by atoms with E-state index in [1.165, 1.54) is 43.5 Å². The molecule has 1 heterocycles. The Morgan fingerprint density at radius 3 is 2.71 bits per heavy atom. The van der Waals surface area contributed by atoms with Crippen molar-refractivity contribution in [2.24, 2.45) is 0 Å². The third-order valence-electron chi connectivity index (χ3n) is 2.88. The molecular formula is C11H18N2S. The first kappa shape index (κ1) is 10.1. The summed E-state index contributed by atoms with van der Waals surface area (Å²) < 4.78 is 0. The fourth-order valence-corrected chi connectivity index (χ4v) is 2.62. The summed E-state index contributed by atoms with van der Waals surface area (Å²) in [5, 5.41) is 6.87. The van der Waals surface area contributed by atoms with Gasteiger partial charge in [-0.25, -0.2) is 4.98 Å². The highest BCUT2D eigenvalue weighted by Gasteiger charge is 2.11. The van der Waals surface area contributed by atoms with Crippen LogP contribution in [0, 0.1) is 0 Å². The maximum absolute atomic E-state index is 4.28. The summed E-state index contributed by atoms with van der Waals surface area (Å²) in [5.74, 6) is 0. The van der Waals surface area contributed by atoms with Crippen LogP contribution in [0.4, 0.5) is 0 Å². The first-order valence-electron chi connectivity index (χ1n) is 5.57. The fraction of sp³-hybridized carbons (Fsp3) is 0.727. The van der Waals surface area contributed by atoms with Crippen LogP contribution in [0.5, 0.6) is 0 Å². The van der Waals surface area contributed by atoms with Gasteiger partial charge in [0.15, 0.2) is 0 Å². The summed E-state index contributed by atoms with van der Waals surface area (Å²) >= 11 is 1.74. The van der Waals surface area contributed by atoms with Gasteiger partial charge in [-0.3, -0.25) is 0 Å². The second-order valence-corrected chi connectivity index (χ2v) is 4.97. The SMILES string of the molecule is c1csc(CNC2CCCCCC2)n1. The maximum atomic E-state index is 4.28. The van der Waals surface area contributed by atoms with Crippen molar-refractivity contribution < 1.29 is 0 Å². The van der Waals surface area contributed by atoms with Crippen molar-refractivity contribution in [2.45, 2.75) is 51.1 Å². The molecule has 1 N–H and O–H groups in total. The Morgan fingerprint density at radius 1 is 1.29 bits per heavy atom. The van der Waals surface area contributed by atoms with Crippen LogP contribution in [-0.2, 0) is 6.54 Å². The Bertz CT molecular complexity index is 238. The van der Waals surface area contributed by atoms with Crippen molar-refractivity contribution in [1.29, 1.82) is 0 Å².